The lowest BCUT2D eigenvalue weighted by atomic mass is 10.1. The molecular formula is C24H25N3O4. The molecule has 0 radical (unpaired) electrons. The quantitative estimate of drug-likeness (QED) is 0.599. The van der Waals surface area contributed by atoms with Crippen molar-refractivity contribution in [2.24, 2.45) is 5.73 Å². The van der Waals surface area contributed by atoms with Crippen LogP contribution >= 0.6 is 0 Å². The Morgan fingerprint density at radius 1 is 1.06 bits per heavy atom. The van der Waals surface area contributed by atoms with Gasteiger partial charge >= 0.3 is 0 Å². The number of hydrogen-bond donors (Lipinski definition) is 1. The second-order valence-corrected chi connectivity index (χ2v) is 7.84. The van der Waals surface area contributed by atoms with Crippen molar-refractivity contribution in [2.45, 2.75) is 45.9 Å². The zero-order valence-electron chi connectivity index (χ0n) is 17.6. The highest BCUT2D eigenvalue weighted by Crippen LogP contribution is 2.30. The lowest BCUT2D eigenvalue weighted by Gasteiger charge is -2.23. The van der Waals surface area contributed by atoms with Crippen LogP contribution in [0.15, 0.2) is 53.1 Å². The molecule has 2 N–H and O–H groups in total. The number of aromatic nitrogens is 1. The van der Waals surface area contributed by atoms with Gasteiger partial charge in [0.05, 0.1) is 11.3 Å². The molecule has 0 atom stereocenters. The average molecular weight is 419 g/mol. The Balaban J connectivity index is 1.42. The third-order valence-electron chi connectivity index (χ3n) is 5.51. The molecule has 0 aliphatic heterocycles. The minimum Gasteiger partial charge on any atom is -0.489 e. The summed E-state index contributed by atoms with van der Waals surface area (Å²) in [7, 11) is 0. The molecule has 2 aromatic carbocycles. The second-order valence-electron chi connectivity index (χ2n) is 7.84. The monoisotopic (exact) mass is 419 g/mol. The maximum Gasteiger partial charge on any atom is 0.254 e. The van der Waals surface area contributed by atoms with Gasteiger partial charge in [-0.2, -0.15) is 0 Å². The molecule has 1 aromatic heterocycles. The summed E-state index contributed by atoms with van der Waals surface area (Å²) < 4.78 is 11.0. The SMILES string of the molecule is Cc1noc(C)c1COc1ccc(C(=O)N(Cc2ccc(C(N)=O)cc2)C2CC2)cc1. The van der Waals surface area contributed by atoms with Crippen molar-refractivity contribution in [3.8, 4) is 5.75 Å². The third kappa shape index (κ3) is 4.77. The molecule has 0 spiro atoms. The summed E-state index contributed by atoms with van der Waals surface area (Å²) in [6, 6.07) is 14.5. The number of primary amides is 1. The van der Waals surface area contributed by atoms with Crippen molar-refractivity contribution in [1.82, 2.24) is 10.1 Å². The van der Waals surface area contributed by atoms with E-state index in [0.29, 0.717) is 30.0 Å². The second kappa shape index (κ2) is 8.63. The fourth-order valence-corrected chi connectivity index (χ4v) is 3.45. The van der Waals surface area contributed by atoms with Crippen molar-refractivity contribution in [3.63, 3.8) is 0 Å². The zero-order chi connectivity index (χ0) is 22.0. The van der Waals surface area contributed by atoms with Gasteiger partial charge in [-0.1, -0.05) is 17.3 Å². The Morgan fingerprint density at radius 2 is 1.71 bits per heavy atom. The Labute approximate surface area is 180 Å². The number of aryl methyl sites for hydroxylation is 2. The van der Waals surface area contributed by atoms with Gasteiger partial charge in [0.1, 0.15) is 18.1 Å². The summed E-state index contributed by atoms with van der Waals surface area (Å²) in [4.78, 5) is 26.3. The van der Waals surface area contributed by atoms with Crippen LogP contribution in [0.1, 0.15) is 56.1 Å². The molecule has 0 unspecified atom stereocenters. The van der Waals surface area contributed by atoms with E-state index in [1.807, 2.05) is 30.9 Å². The first-order chi connectivity index (χ1) is 14.9. The van der Waals surface area contributed by atoms with Gasteiger partial charge in [0.15, 0.2) is 0 Å². The molecule has 1 aliphatic rings. The summed E-state index contributed by atoms with van der Waals surface area (Å²) in [6.07, 6.45) is 2.01. The van der Waals surface area contributed by atoms with Gasteiger partial charge in [-0.25, -0.2) is 0 Å². The number of carbonyl (C=O) groups excluding carboxylic acids is 2. The number of nitrogens with two attached hydrogens (primary N) is 1. The molecule has 0 saturated heterocycles. The van der Waals surface area contributed by atoms with Crippen LogP contribution in [-0.2, 0) is 13.2 Å². The van der Waals surface area contributed by atoms with Crippen LogP contribution in [0.2, 0.25) is 0 Å². The molecule has 1 heterocycles. The number of ether oxygens (including phenoxy) is 1. The maximum absolute atomic E-state index is 13.1. The lowest BCUT2D eigenvalue weighted by molar-refractivity contribution is 0.0729. The number of hydrogen-bond acceptors (Lipinski definition) is 5. The molecular weight excluding hydrogens is 394 g/mol. The van der Waals surface area contributed by atoms with Crippen LogP contribution in [0.4, 0.5) is 0 Å². The van der Waals surface area contributed by atoms with Crippen LogP contribution < -0.4 is 10.5 Å². The number of rotatable bonds is 8. The summed E-state index contributed by atoms with van der Waals surface area (Å²) in [5.41, 5.74) is 9.09. The van der Waals surface area contributed by atoms with E-state index in [2.05, 4.69) is 5.16 Å². The Kier molecular flexibility index (Phi) is 5.75. The van der Waals surface area contributed by atoms with Crippen molar-refractivity contribution in [3.05, 3.63) is 82.2 Å². The topological polar surface area (TPSA) is 98.7 Å². The number of benzene rings is 2. The largest absolute Gasteiger partial charge is 0.489 e. The smallest absolute Gasteiger partial charge is 0.254 e. The molecule has 31 heavy (non-hydrogen) atoms. The number of nitrogens with zero attached hydrogens (tertiary/aromatic N) is 2. The maximum atomic E-state index is 13.1. The van der Waals surface area contributed by atoms with Crippen LogP contribution in [0, 0.1) is 13.8 Å². The molecule has 0 bridgehead atoms. The highest BCUT2D eigenvalue weighted by Gasteiger charge is 2.33. The van der Waals surface area contributed by atoms with Crippen molar-refractivity contribution >= 4 is 11.8 Å². The van der Waals surface area contributed by atoms with Crippen LogP contribution in [0.25, 0.3) is 0 Å². The van der Waals surface area contributed by atoms with E-state index in [4.69, 9.17) is 15.0 Å². The highest BCUT2D eigenvalue weighted by molar-refractivity contribution is 5.95. The molecule has 160 valence electrons. The summed E-state index contributed by atoms with van der Waals surface area (Å²) in [5, 5.41) is 3.93. The summed E-state index contributed by atoms with van der Waals surface area (Å²) in [6.45, 7) is 4.59. The van der Waals surface area contributed by atoms with E-state index >= 15 is 0 Å². The molecule has 7 heteroatoms. The predicted octanol–water partition coefficient (Wildman–Crippen LogP) is 3.77. The highest BCUT2D eigenvalue weighted by atomic mass is 16.5. The zero-order valence-corrected chi connectivity index (χ0v) is 17.6. The van der Waals surface area contributed by atoms with E-state index in [0.717, 1.165) is 35.4 Å². The molecule has 1 saturated carbocycles. The normalized spacial score (nSPS) is 13.1. The molecule has 2 amide bonds. The number of amides is 2. The van der Waals surface area contributed by atoms with Gasteiger partial charge in [-0.3, -0.25) is 9.59 Å². The standard InChI is InChI=1S/C24H25N3O4/c1-15-22(16(2)31-26-15)14-30-21-11-7-19(8-12-21)24(29)27(20-9-10-20)13-17-3-5-18(6-4-17)23(25)28/h3-8,11-12,20H,9-10,13-14H2,1-2H3,(H2,25,28). The van der Waals surface area contributed by atoms with Gasteiger partial charge < -0.3 is 19.9 Å². The fraction of sp³-hybridized carbons (Fsp3) is 0.292. The molecule has 3 aromatic rings. The fourth-order valence-electron chi connectivity index (χ4n) is 3.45. The van der Waals surface area contributed by atoms with E-state index < -0.39 is 5.91 Å². The third-order valence-corrected chi connectivity index (χ3v) is 5.51. The van der Waals surface area contributed by atoms with Gasteiger partial charge in [0.2, 0.25) is 5.91 Å². The van der Waals surface area contributed by atoms with Gasteiger partial charge in [-0.15, -0.1) is 0 Å². The molecule has 1 aliphatic carbocycles. The van der Waals surface area contributed by atoms with Gasteiger partial charge in [-0.05, 0) is 68.7 Å². The Hall–Kier alpha value is -3.61. The first kappa shape index (κ1) is 20.7. The van der Waals surface area contributed by atoms with Crippen LogP contribution in [0.5, 0.6) is 5.75 Å². The van der Waals surface area contributed by atoms with E-state index in [-0.39, 0.29) is 11.9 Å². The first-order valence-corrected chi connectivity index (χ1v) is 10.3. The van der Waals surface area contributed by atoms with Crippen molar-refractivity contribution in [2.75, 3.05) is 0 Å². The number of carbonyl (C=O) groups is 2. The van der Waals surface area contributed by atoms with E-state index in [1.54, 1.807) is 36.4 Å². The van der Waals surface area contributed by atoms with E-state index in [1.165, 1.54) is 0 Å². The summed E-state index contributed by atoms with van der Waals surface area (Å²) in [5.74, 6) is 0.946. The Morgan fingerprint density at radius 3 is 2.26 bits per heavy atom. The predicted molar refractivity (Wildman–Crippen MR) is 115 cm³/mol. The first-order valence-electron chi connectivity index (χ1n) is 10.3. The molecule has 1 fully saturated rings. The average Bonchev–Trinajstić information content (AvgIpc) is 3.56. The minimum absolute atomic E-state index is 0.0150. The van der Waals surface area contributed by atoms with Crippen molar-refractivity contribution in [1.29, 1.82) is 0 Å². The summed E-state index contributed by atoms with van der Waals surface area (Å²) >= 11 is 0. The van der Waals surface area contributed by atoms with Gasteiger partial charge in [0.25, 0.3) is 5.91 Å². The van der Waals surface area contributed by atoms with E-state index in [9.17, 15) is 9.59 Å². The minimum atomic E-state index is -0.460. The lowest BCUT2D eigenvalue weighted by Crippen LogP contribution is -2.32. The van der Waals surface area contributed by atoms with Crippen molar-refractivity contribution < 1.29 is 18.8 Å². The van der Waals surface area contributed by atoms with Gasteiger partial charge in [0, 0.05) is 23.7 Å². The van der Waals surface area contributed by atoms with Crippen LogP contribution in [0.3, 0.4) is 0 Å². The van der Waals surface area contributed by atoms with Crippen LogP contribution in [-0.4, -0.2) is 27.9 Å². The Bertz CT molecular complexity index is 1060. The molecule has 7 nitrogen and oxygen atoms in total. The molecule has 4 rings (SSSR count).